The summed E-state index contributed by atoms with van der Waals surface area (Å²) < 4.78 is 33.8. The first-order chi connectivity index (χ1) is 13.9. The molecule has 2 heterocycles. The van der Waals surface area contributed by atoms with Crippen LogP contribution in [0.1, 0.15) is 44.1 Å². The van der Waals surface area contributed by atoms with Crippen LogP contribution < -0.4 is 4.74 Å². The molecule has 29 heavy (non-hydrogen) atoms. The predicted molar refractivity (Wildman–Crippen MR) is 113 cm³/mol. The first-order valence-corrected chi connectivity index (χ1v) is 12.0. The van der Waals surface area contributed by atoms with Gasteiger partial charge in [-0.2, -0.15) is 17.0 Å². The molecule has 0 saturated carbocycles. The zero-order valence-electron chi connectivity index (χ0n) is 17.5. The molecule has 1 fully saturated rings. The van der Waals surface area contributed by atoms with Crippen molar-refractivity contribution in [2.24, 2.45) is 0 Å². The van der Waals surface area contributed by atoms with Gasteiger partial charge in [0.1, 0.15) is 12.4 Å². The Morgan fingerprint density at radius 2 is 1.86 bits per heavy atom. The van der Waals surface area contributed by atoms with Crippen LogP contribution in [-0.2, 0) is 21.4 Å². The summed E-state index contributed by atoms with van der Waals surface area (Å²) in [6.07, 6.45) is 6.01. The van der Waals surface area contributed by atoms with Gasteiger partial charge in [0.25, 0.3) is 10.2 Å². The van der Waals surface area contributed by atoms with Crippen LogP contribution in [0.3, 0.4) is 0 Å². The van der Waals surface area contributed by atoms with Gasteiger partial charge in [0.15, 0.2) is 0 Å². The Morgan fingerprint density at radius 1 is 1.03 bits per heavy atom. The molecular weight excluding hydrogens is 390 g/mol. The summed E-state index contributed by atoms with van der Waals surface area (Å²) in [6, 6.07) is 8.26. The molecule has 7 nitrogen and oxygen atoms in total. The number of carbonyl (C=O) groups excluding carboxylic acids is 1. The maximum absolute atomic E-state index is 12.9. The molecule has 0 aromatic heterocycles. The summed E-state index contributed by atoms with van der Waals surface area (Å²) in [7, 11) is -0.508. The smallest absolute Gasteiger partial charge is 0.281 e. The Kier molecular flexibility index (Phi) is 7.54. The second-order valence-corrected chi connectivity index (χ2v) is 10.2. The van der Waals surface area contributed by atoms with Crippen molar-refractivity contribution in [3.63, 3.8) is 0 Å². The minimum atomic E-state index is -3.56. The average Bonchev–Trinajstić information content (AvgIpc) is 2.71. The summed E-state index contributed by atoms with van der Waals surface area (Å²) in [5.41, 5.74) is 1.19. The summed E-state index contributed by atoms with van der Waals surface area (Å²) in [4.78, 5) is 14.9. The van der Waals surface area contributed by atoms with E-state index >= 15 is 0 Å². The zero-order valence-corrected chi connectivity index (χ0v) is 18.4. The highest BCUT2D eigenvalue weighted by Crippen LogP contribution is 2.24. The third-order valence-electron chi connectivity index (χ3n) is 5.81. The van der Waals surface area contributed by atoms with Crippen molar-refractivity contribution >= 4 is 16.1 Å². The van der Waals surface area contributed by atoms with Crippen LogP contribution in [0.25, 0.3) is 0 Å². The van der Waals surface area contributed by atoms with Crippen molar-refractivity contribution in [3.05, 3.63) is 29.8 Å². The fourth-order valence-corrected chi connectivity index (χ4v) is 5.27. The number of fused-ring (bicyclic) bond motifs is 3. The van der Waals surface area contributed by atoms with E-state index in [0.29, 0.717) is 19.4 Å². The van der Waals surface area contributed by atoms with Gasteiger partial charge in [0, 0.05) is 46.2 Å². The monoisotopic (exact) mass is 423 g/mol. The van der Waals surface area contributed by atoms with Gasteiger partial charge in [-0.1, -0.05) is 12.1 Å². The molecule has 3 rings (SSSR count). The van der Waals surface area contributed by atoms with Gasteiger partial charge < -0.3 is 9.64 Å². The van der Waals surface area contributed by atoms with E-state index in [1.165, 1.54) is 28.3 Å². The molecule has 2 bridgehead atoms. The Hall–Kier alpha value is -1.64. The first kappa shape index (κ1) is 22.1. The first-order valence-electron chi connectivity index (χ1n) is 10.6. The van der Waals surface area contributed by atoms with E-state index in [1.807, 2.05) is 23.1 Å². The van der Waals surface area contributed by atoms with Crippen molar-refractivity contribution in [1.82, 2.24) is 13.5 Å². The summed E-state index contributed by atoms with van der Waals surface area (Å²) >= 11 is 0. The number of ether oxygens (including phenoxy) is 1. The summed E-state index contributed by atoms with van der Waals surface area (Å²) in [5.74, 6) is 0.910. The topological polar surface area (TPSA) is 70.2 Å². The lowest BCUT2D eigenvalue weighted by Gasteiger charge is -2.36. The van der Waals surface area contributed by atoms with Gasteiger partial charge in [0.2, 0.25) is 5.91 Å². The quantitative estimate of drug-likeness (QED) is 0.732. The van der Waals surface area contributed by atoms with Crippen LogP contribution in [0, 0.1) is 0 Å². The number of nitrogens with zero attached hydrogens (tertiary/aromatic N) is 3. The van der Waals surface area contributed by atoms with E-state index < -0.39 is 10.2 Å². The molecule has 0 aliphatic carbocycles. The lowest BCUT2D eigenvalue weighted by molar-refractivity contribution is -0.135. The van der Waals surface area contributed by atoms with Crippen molar-refractivity contribution < 1.29 is 17.9 Å². The third kappa shape index (κ3) is 5.71. The number of hydrogen-bond acceptors (Lipinski definition) is 4. The number of amides is 1. The second-order valence-electron chi connectivity index (χ2n) is 8.06. The average molecular weight is 424 g/mol. The standard InChI is InChI=1S/C21H33N3O4S/c1-22(2)29(26,27)23-13-6-10-21(25)24-14-4-3-8-19(24)12-11-18-7-5-9-20(17-18)28-16-15-23/h5,7,9,17,19H,3-4,6,8,10-16H2,1-2H3. The van der Waals surface area contributed by atoms with E-state index in [0.717, 1.165) is 44.4 Å². The van der Waals surface area contributed by atoms with Crippen molar-refractivity contribution in [2.45, 2.75) is 51.0 Å². The molecule has 162 valence electrons. The summed E-state index contributed by atoms with van der Waals surface area (Å²) in [5, 5.41) is 0. The lowest BCUT2D eigenvalue weighted by atomic mass is 9.95. The fourth-order valence-electron chi connectivity index (χ4n) is 4.14. The largest absolute Gasteiger partial charge is 0.492 e. The number of piperidine rings is 1. The van der Waals surface area contributed by atoms with Crippen LogP contribution in [0.15, 0.2) is 24.3 Å². The zero-order chi connectivity index (χ0) is 20.9. The van der Waals surface area contributed by atoms with Crippen LogP contribution in [0.5, 0.6) is 5.75 Å². The van der Waals surface area contributed by atoms with E-state index in [-0.39, 0.29) is 25.1 Å². The SMILES string of the molecule is CN(C)S(=O)(=O)N1CCCC(=O)N2CCCCC2CCc2cccc(c2)OCC1. The molecule has 1 unspecified atom stereocenters. The molecule has 0 N–H and O–H groups in total. The minimum Gasteiger partial charge on any atom is -0.492 e. The number of benzene rings is 1. The lowest BCUT2D eigenvalue weighted by Crippen LogP contribution is -2.45. The minimum absolute atomic E-state index is 0.150. The maximum Gasteiger partial charge on any atom is 0.281 e. The maximum atomic E-state index is 12.9. The van der Waals surface area contributed by atoms with Gasteiger partial charge in [-0.15, -0.1) is 0 Å². The van der Waals surface area contributed by atoms with Crippen LogP contribution in [0.2, 0.25) is 0 Å². The highest BCUT2D eigenvalue weighted by molar-refractivity contribution is 7.86. The molecular formula is C21H33N3O4S. The molecule has 2 aliphatic heterocycles. The molecule has 0 radical (unpaired) electrons. The number of carbonyl (C=O) groups is 1. The Bertz CT molecular complexity index is 797. The molecule has 8 heteroatoms. The highest BCUT2D eigenvalue weighted by Gasteiger charge is 2.28. The molecule has 1 saturated heterocycles. The van der Waals surface area contributed by atoms with E-state index in [2.05, 4.69) is 6.07 Å². The Morgan fingerprint density at radius 3 is 2.66 bits per heavy atom. The van der Waals surface area contributed by atoms with Gasteiger partial charge in [-0.3, -0.25) is 4.79 Å². The molecule has 1 atom stereocenters. The normalized spacial score (nSPS) is 23.1. The van der Waals surface area contributed by atoms with E-state index in [1.54, 1.807) is 0 Å². The molecule has 1 amide bonds. The van der Waals surface area contributed by atoms with E-state index in [9.17, 15) is 13.2 Å². The van der Waals surface area contributed by atoms with Crippen molar-refractivity contribution in [1.29, 1.82) is 0 Å². The molecule has 1 aromatic rings. The van der Waals surface area contributed by atoms with Crippen LogP contribution in [-0.4, -0.2) is 74.2 Å². The second kappa shape index (κ2) is 9.91. The van der Waals surface area contributed by atoms with Crippen molar-refractivity contribution in [2.75, 3.05) is 40.3 Å². The molecule has 1 aromatic carbocycles. The molecule has 0 spiro atoms. The van der Waals surface area contributed by atoms with Gasteiger partial charge in [0.05, 0.1) is 0 Å². The summed E-state index contributed by atoms with van der Waals surface area (Å²) in [6.45, 7) is 1.66. The number of rotatable bonds is 2. The fraction of sp³-hybridized carbons (Fsp3) is 0.667. The Labute approximate surface area is 174 Å². The van der Waals surface area contributed by atoms with E-state index in [4.69, 9.17) is 4.74 Å². The predicted octanol–water partition coefficient (Wildman–Crippen LogP) is 2.28. The number of hydrogen-bond donors (Lipinski definition) is 0. The highest BCUT2D eigenvalue weighted by atomic mass is 32.2. The number of aryl methyl sites for hydroxylation is 1. The van der Waals surface area contributed by atoms with Crippen LogP contribution in [0.4, 0.5) is 0 Å². The van der Waals surface area contributed by atoms with Crippen LogP contribution >= 0.6 is 0 Å². The third-order valence-corrected chi connectivity index (χ3v) is 7.75. The Balaban J connectivity index is 1.81. The molecule has 2 aliphatic rings. The van der Waals surface area contributed by atoms with Gasteiger partial charge >= 0.3 is 0 Å². The van der Waals surface area contributed by atoms with Gasteiger partial charge in [-0.05, 0) is 56.2 Å². The van der Waals surface area contributed by atoms with Gasteiger partial charge in [-0.25, -0.2) is 0 Å². The van der Waals surface area contributed by atoms with Crippen molar-refractivity contribution in [3.8, 4) is 5.75 Å².